The van der Waals surface area contributed by atoms with Crippen LogP contribution in [0.3, 0.4) is 0 Å². The van der Waals surface area contributed by atoms with Crippen LogP contribution in [-0.2, 0) is 16.3 Å². The Labute approximate surface area is 128 Å². The molecule has 0 radical (unpaired) electrons. The van der Waals surface area contributed by atoms with Crippen LogP contribution in [0.25, 0.3) is 0 Å². The molecule has 1 unspecified atom stereocenters. The summed E-state index contributed by atoms with van der Waals surface area (Å²) >= 11 is 5.97. The summed E-state index contributed by atoms with van der Waals surface area (Å²) in [5, 5.41) is 0.332. The van der Waals surface area contributed by atoms with Crippen LogP contribution in [0.1, 0.15) is 17.2 Å². The Balaban J connectivity index is 2.23. The van der Waals surface area contributed by atoms with E-state index in [1.165, 1.54) is 24.3 Å². The predicted octanol–water partition coefficient (Wildman–Crippen LogP) is 3.13. The average Bonchev–Trinajstić information content (AvgIpc) is 2.42. The van der Waals surface area contributed by atoms with Crippen LogP contribution in [-0.4, -0.2) is 14.7 Å². The first-order valence-corrected chi connectivity index (χ1v) is 8.54. The standard InChI is InChI=1S/C15H15ClFNO2S/c1-21(19,20)11-7-5-10(6-8-11)15(18)9-12-13(16)3-2-4-14(12)17/h2-8,15H,9,18H2,1H3. The summed E-state index contributed by atoms with van der Waals surface area (Å²) in [6, 6.07) is 10.3. The smallest absolute Gasteiger partial charge is 0.175 e. The van der Waals surface area contributed by atoms with Gasteiger partial charge in [0.1, 0.15) is 5.82 Å². The summed E-state index contributed by atoms with van der Waals surface area (Å²) in [6.45, 7) is 0. The van der Waals surface area contributed by atoms with Crippen molar-refractivity contribution >= 4 is 21.4 Å². The third-order valence-corrected chi connectivity index (χ3v) is 4.70. The molecule has 0 aromatic heterocycles. The number of halogens is 2. The highest BCUT2D eigenvalue weighted by Gasteiger charge is 2.14. The highest BCUT2D eigenvalue weighted by Crippen LogP contribution is 2.25. The van der Waals surface area contributed by atoms with Gasteiger partial charge in [-0.1, -0.05) is 29.8 Å². The normalized spacial score (nSPS) is 13.1. The number of sulfone groups is 1. The van der Waals surface area contributed by atoms with Gasteiger partial charge < -0.3 is 5.73 Å². The van der Waals surface area contributed by atoms with Crippen LogP contribution < -0.4 is 5.73 Å². The molecule has 2 aromatic carbocycles. The van der Waals surface area contributed by atoms with E-state index in [1.54, 1.807) is 18.2 Å². The van der Waals surface area contributed by atoms with E-state index in [4.69, 9.17) is 17.3 Å². The zero-order valence-corrected chi connectivity index (χ0v) is 13.0. The minimum Gasteiger partial charge on any atom is -0.324 e. The second kappa shape index (κ2) is 6.13. The largest absolute Gasteiger partial charge is 0.324 e. The molecule has 3 nitrogen and oxygen atoms in total. The monoisotopic (exact) mass is 327 g/mol. The van der Waals surface area contributed by atoms with Gasteiger partial charge in [0.15, 0.2) is 9.84 Å². The third-order valence-electron chi connectivity index (χ3n) is 3.22. The summed E-state index contributed by atoms with van der Waals surface area (Å²) in [6.07, 6.45) is 1.38. The number of nitrogens with two attached hydrogens (primary N) is 1. The SMILES string of the molecule is CS(=O)(=O)c1ccc(C(N)Cc2c(F)cccc2Cl)cc1. The first-order chi connectivity index (χ1) is 9.79. The lowest BCUT2D eigenvalue weighted by molar-refractivity contribution is 0.593. The molecule has 0 aliphatic rings. The van der Waals surface area contributed by atoms with Crippen molar-refractivity contribution in [1.82, 2.24) is 0 Å². The Kier molecular flexibility index (Phi) is 4.66. The zero-order chi connectivity index (χ0) is 15.6. The Hall–Kier alpha value is -1.43. The fraction of sp³-hybridized carbons (Fsp3) is 0.200. The van der Waals surface area contributed by atoms with Crippen LogP contribution in [0.5, 0.6) is 0 Å². The first kappa shape index (κ1) is 15.9. The molecule has 0 spiro atoms. The summed E-state index contributed by atoms with van der Waals surface area (Å²) in [7, 11) is -3.24. The van der Waals surface area contributed by atoms with Crippen molar-refractivity contribution in [3.63, 3.8) is 0 Å². The summed E-state index contributed by atoms with van der Waals surface area (Å²) in [5.41, 5.74) is 7.13. The van der Waals surface area contributed by atoms with Crippen LogP contribution in [0.2, 0.25) is 5.02 Å². The molecule has 0 fully saturated rings. The van der Waals surface area contributed by atoms with Gasteiger partial charge in [-0.25, -0.2) is 12.8 Å². The van der Waals surface area contributed by atoms with Crippen molar-refractivity contribution in [3.8, 4) is 0 Å². The van der Waals surface area contributed by atoms with Crippen molar-refractivity contribution in [3.05, 3.63) is 64.4 Å². The Morgan fingerprint density at radius 1 is 1.19 bits per heavy atom. The predicted molar refractivity (Wildman–Crippen MR) is 81.6 cm³/mol. The van der Waals surface area contributed by atoms with E-state index in [-0.39, 0.29) is 11.3 Å². The van der Waals surface area contributed by atoms with E-state index in [1.807, 2.05) is 0 Å². The van der Waals surface area contributed by atoms with Crippen molar-refractivity contribution in [2.75, 3.05) is 6.26 Å². The maximum atomic E-state index is 13.7. The van der Waals surface area contributed by atoms with Crippen LogP contribution >= 0.6 is 11.6 Å². The lowest BCUT2D eigenvalue weighted by Crippen LogP contribution is -2.14. The molecule has 0 bridgehead atoms. The summed E-state index contributed by atoms with van der Waals surface area (Å²) < 4.78 is 36.5. The first-order valence-electron chi connectivity index (χ1n) is 6.27. The molecule has 0 saturated carbocycles. The molecule has 2 N–H and O–H groups in total. The van der Waals surface area contributed by atoms with E-state index in [0.717, 1.165) is 11.8 Å². The topological polar surface area (TPSA) is 60.2 Å². The Morgan fingerprint density at radius 2 is 1.81 bits per heavy atom. The molecule has 0 saturated heterocycles. The van der Waals surface area contributed by atoms with Gasteiger partial charge in [0.2, 0.25) is 0 Å². The molecule has 0 aliphatic heterocycles. The van der Waals surface area contributed by atoms with Crippen molar-refractivity contribution in [1.29, 1.82) is 0 Å². The number of rotatable bonds is 4. The van der Waals surface area contributed by atoms with Gasteiger partial charge in [-0.05, 0) is 36.2 Å². The summed E-state index contributed by atoms with van der Waals surface area (Å²) in [5.74, 6) is -0.397. The molecule has 1 atom stereocenters. The molecule has 2 aromatic rings. The molecular formula is C15H15ClFNO2S. The number of benzene rings is 2. The fourth-order valence-corrected chi connectivity index (χ4v) is 2.90. The van der Waals surface area contributed by atoms with Crippen LogP contribution in [0.15, 0.2) is 47.4 Å². The lowest BCUT2D eigenvalue weighted by Gasteiger charge is -2.14. The molecule has 6 heteroatoms. The molecule has 0 heterocycles. The highest BCUT2D eigenvalue weighted by atomic mass is 35.5. The van der Waals surface area contributed by atoms with Gasteiger partial charge >= 0.3 is 0 Å². The van der Waals surface area contributed by atoms with Gasteiger partial charge in [0.05, 0.1) is 4.90 Å². The average molecular weight is 328 g/mol. The molecule has 2 rings (SSSR count). The van der Waals surface area contributed by atoms with E-state index in [2.05, 4.69) is 0 Å². The minimum atomic E-state index is -3.24. The Bertz CT molecular complexity index is 725. The van der Waals surface area contributed by atoms with Crippen molar-refractivity contribution < 1.29 is 12.8 Å². The maximum Gasteiger partial charge on any atom is 0.175 e. The van der Waals surface area contributed by atoms with Gasteiger partial charge in [0, 0.05) is 22.9 Å². The van der Waals surface area contributed by atoms with Crippen molar-refractivity contribution in [2.45, 2.75) is 17.4 Å². The van der Waals surface area contributed by atoms with E-state index in [9.17, 15) is 12.8 Å². The number of hydrogen-bond acceptors (Lipinski definition) is 3. The lowest BCUT2D eigenvalue weighted by atomic mass is 9.99. The van der Waals surface area contributed by atoms with Crippen LogP contribution in [0, 0.1) is 5.82 Å². The molecule has 112 valence electrons. The van der Waals surface area contributed by atoms with E-state index < -0.39 is 21.7 Å². The summed E-state index contributed by atoms with van der Waals surface area (Å²) in [4.78, 5) is 0.224. The van der Waals surface area contributed by atoms with Gasteiger partial charge in [-0.2, -0.15) is 0 Å². The van der Waals surface area contributed by atoms with Gasteiger partial charge in [0.25, 0.3) is 0 Å². The second-order valence-corrected chi connectivity index (χ2v) is 7.27. The van der Waals surface area contributed by atoms with Crippen molar-refractivity contribution in [2.24, 2.45) is 5.73 Å². The molecular weight excluding hydrogens is 313 g/mol. The third kappa shape index (κ3) is 3.81. The second-order valence-electron chi connectivity index (χ2n) is 4.85. The minimum absolute atomic E-state index is 0.224. The van der Waals surface area contributed by atoms with E-state index in [0.29, 0.717) is 10.6 Å². The molecule has 0 amide bonds. The van der Waals surface area contributed by atoms with E-state index >= 15 is 0 Å². The van der Waals surface area contributed by atoms with Crippen LogP contribution in [0.4, 0.5) is 4.39 Å². The zero-order valence-electron chi connectivity index (χ0n) is 11.4. The Morgan fingerprint density at radius 3 is 2.33 bits per heavy atom. The molecule has 0 aliphatic carbocycles. The maximum absolute atomic E-state index is 13.7. The quantitative estimate of drug-likeness (QED) is 0.938. The fourth-order valence-electron chi connectivity index (χ4n) is 2.03. The van der Waals surface area contributed by atoms with Gasteiger partial charge in [-0.15, -0.1) is 0 Å². The number of hydrogen-bond donors (Lipinski definition) is 1. The van der Waals surface area contributed by atoms with Gasteiger partial charge in [-0.3, -0.25) is 0 Å². The highest BCUT2D eigenvalue weighted by molar-refractivity contribution is 7.90. The molecule has 21 heavy (non-hydrogen) atoms.